The van der Waals surface area contributed by atoms with Gasteiger partial charge in [0.15, 0.2) is 17.3 Å². The Balaban J connectivity index is 1.86. The Bertz CT molecular complexity index is 1090. The van der Waals surface area contributed by atoms with Gasteiger partial charge in [0, 0.05) is 5.56 Å². The number of ether oxygens (including phenoxy) is 1. The number of anilines is 1. The quantitative estimate of drug-likeness (QED) is 0.593. The van der Waals surface area contributed by atoms with Crippen LogP contribution >= 0.6 is 0 Å². The summed E-state index contributed by atoms with van der Waals surface area (Å²) in [5, 5.41) is 9.24. The number of hydrogen-bond acceptors (Lipinski definition) is 6. The lowest BCUT2D eigenvalue weighted by Gasteiger charge is -2.15. The molecule has 0 saturated carbocycles. The number of alkyl halides is 6. The van der Waals surface area contributed by atoms with E-state index in [1.54, 1.807) is 0 Å². The van der Waals surface area contributed by atoms with Gasteiger partial charge in [-0.25, -0.2) is 15.0 Å². The second-order valence-electron chi connectivity index (χ2n) is 7.02. The van der Waals surface area contributed by atoms with Gasteiger partial charge >= 0.3 is 12.4 Å². The molecule has 1 aromatic carbocycles. The van der Waals surface area contributed by atoms with Crippen molar-refractivity contribution >= 4 is 17.0 Å². The summed E-state index contributed by atoms with van der Waals surface area (Å²) >= 11 is 0. The van der Waals surface area contributed by atoms with Crippen molar-refractivity contribution < 1.29 is 36.2 Å². The number of fused-ring (bicyclic) bond motifs is 1. The molecule has 0 bridgehead atoms. The van der Waals surface area contributed by atoms with Gasteiger partial charge in [-0.2, -0.15) is 26.3 Å². The molecular weight excluding hydrogens is 432 g/mol. The molecule has 7 nitrogen and oxygen atoms in total. The Kier molecular flexibility index (Phi) is 5.04. The first-order valence-electron chi connectivity index (χ1n) is 9.03. The molecule has 1 saturated heterocycles. The summed E-state index contributed by atoms with van der Waals surface area (Å²) in [7, 11) is 0. The molecule has 3 heterocycles. The third kappa shape index (κ3) is 4.02. The van der Waals surface area contributed by atoms with E-state index in [9.17, 15) is 31.4 Å². The predicted molar refractivity (Wildman–Crippen MR) is 95.4 cm³/mol. The fourth-order valence-electron chi connectivity index (χ4n) is 3.39. The minimum absolute atomic E-state index is 0.0248. The van der Waals surface area contributed by atoms with Gasteiger partial charge < -0.3 is 15.6 Å². The van der Waals surface area contributed by atoms with Crippen molar-refractivity contribution in [3.8, 4) is 11.4 Å². The lowest BCUT2D eigenvalue weighted by molar-refractivity contribution is -0.143. The number of halogens is 6. The highest BCUT2D eigenvalue weighted by molar-refractivity contribution is 5.84. The molecule has 0 aliphatic carbocycles. The fraction of sp³-hybridized carbons (Fsp3) is 0.389. The molecule has 1 aliphatic rings. The Morgan fingerprint density at radius 1 is 1.03 bits per heavy atom. The van der Waals surface area contributed by atoms with Gasteiger partial charge in [-0.3, -0.25) is 4.57 Å². The molecule has 4 rings (SSSR count). The van der Waals surface area contributed by atoms with Gasteiger partial charge in [0.05, 0.1) is 30.2 Å². The lowest BCUT2D eigenvalue weighted by atomic mass is 10.0. The van der Waals surface area contributed by atoms with Crippen LogP contribution in [0.2, 0.25) is 0 Å². The predicted octanol–water partition coefficient (Wildman–Crippen LogP) is 3.78. The molecule has 0 amide bonds. The first-order chi connectivity index (χ1) is 14.5. The standard InChI is InChI=1S/C18H15F6N5O2/c19-17(20,21)9-3-8(4-10(5-9)18(22,23)24)15-27-14(25)13-16(28-15)29(7-26-13)12-2-1-11(6-30)31-12/h3-5,7,11-12,30H,1-2,6H2,(H2,25,27,28). The zero-order valence-corrected chi connectivity index (χ0v) is 15.6. The highest BCUT2D eigenvalue weighted by Crippen LogP contribution is 2.39. The molecule has 1 aliphatic heterocycles. The number of aliphatic hydroxyl groups is 1. The topological polar surface area (TPSA) is 99.1 Å². The minimum Gasteiger partial charge on any atom is -0.394 e. The van der Waals surface area contributed by atoms with Gasteiger partial charge in [0.2, 0.25) is 0 Å². The van der Waals surface area contributed by atoms with Crippen LogP contribution in [0.4, 0.5) is 32.2 Å². The molecular formula is C18H15F6N5O2. The Morgan fingerprint density at radius 2 is 1.68 bits per heavy atom. The summed E-state index contributed by atoms with van der Waals surface area (Å²) in [6.07, 6.45) is -8.60. The van der Waals surface area contributed by atoms with Crippen molar-refractivity contribution in [2.75, 3.05) is 12.3 Å². The molecule has 0 radical (unpaired) electrons. The maximum atomic E-state index is 13.2. The van der Waals surface area contributed by atoms with Crippen LogP contribution in [0, 0.1) is 0 Å². The van der Waals surface area contributed by atoms with Crippen LogP contribution in [0.1, 0.15) is 30.2 Å². The van der Waals surface area contributed by atoms with E-state index in [2.05, 4.69) is 15.0 Å². The van der Waals surface area contributed by atoms with Crippen molar-refractivity contribution in [2.45, 2.75) is 37.5 Å². The maximum absolute atomic E-state index is 13.2. The number of imidazole rings is 1. The smallest absolute Gasteiger partial charge is 0.394 e. The molecule has 2 unspecified atom stereocenters. The van der Waals surface area contributed by atoms with Crippen molar-refractivity contribution in [2.24, 2.45) is 0 Å². The van der Waals surface area contributed by atoms with Crippen LogP contribution < -0.4 is 5.73 Å². The number of nitrogens with zero attached hydrogens (tertiary/aromatic N) is 4. The number of nitrogen functional groups attached to an aromatic ring is 1. The average molecular weight is 447 g/mol. The van der Waals surface area contributed by atoms with Gasteiger partial charge in [0.1, 0.15) is 11.7 Å². The normalized spacial score (nSPS) is 20.0. The fourth-order valence-corrected chi connectivity index (χ4v) is 3.39. The average Bonchev–Trinajstić information content (AvgIpc) is 3.33. The van der Waals surface area contributed by atoms with Crippen LogP contribution in [0.15, 0.2) is 24.5 Å². The van der Waals surface area contributed by atoms with Crippen LogP contribution in [-0.4, -0.2) is 37.3 Å². The van der Waals surface area contributed by atoms with Crippen molar-refractivity contribution in [3.05, 3.63) is 35.7 Å². The third-order valence-corrected chi connectivity index (χ3v) is 4.89. The SMILES string of the molecule is Nc1nc(-c2cc(C(F)(F)F)cc(C(F)(F)F)c2)nc2c1ncn2C1CCC(CO)O1. The summed E-state index contributed by atoms with van der Waals surface area (Å²) in [5.41, 5.74) is 2.61. The number of benzene rings is 1. The molecule has 2 atom stereocenters. The molecule has 166 valence electrons. The number of rotatable bonds is 3. The van der Waals surface area contributed by atoms with E-state index in [1.165, 1.54) is 10.9 Å². The Hall–Kier alpha value is -2.93. The molecule has 31 heavy (non-hydrogen) atoms. The second kappa shape index (κ2) is 7.34. The second-order valence-corrected chi connectivity index (χ2v) is 7.02. The van der Waals surface area contributed by atoms with Crippen LogP contribution in [0.5, 0.6) is 0 Å². The van der Waals surface area contributed by atoms with Crippen LogP contribution in [0.25, 0.3) is 22.6 Å². The van der Waals surface area contributed by atoms with E-state index in [-0.39, 0.29) is 29.7 Å². The van der Waals surface area contributed by atoms with E-state index >= 15 is 0 Å². The van der Waals surface area contributed by atoms with Crippen molar-refractivity contribution in [1.29, 1.82) is 0 Å². The molecule has 0 spiro atoms. The van der Waals surface area contributed by atoms with E-state index in [1.807, 2.05) is 0 Å². The highest BCUT2D eigenvalue weighted by atomic mass is 19.4. The first kappa shape index (κ1) is 21.3. The minimum atomic E-state index is -5.01. The highest BCUT2D eigenvalue weighted by Gasteiger charge is 2.37. The summed E-state index contributed by atoms with van der Waals surface area (Å²) < 4.78 is 86.2. The maximum Gasteiger partial charge on any atom is 0.416 e. The van der Waals surface area contributed by atoms with E-state index < -0.39 is 47.2 Å². The van der Waals surface area contributed by atoms with E-state index in [4.69, 9.17) is 10.5 Å². The van der Waals surface area contributed by atoms with Crippen LogP contribution in [0.3, 0.4) is 0 Å². The number of aromatic nitrogens is 4. The zero-order valence-electron chi connectivity index (χ0n) is 15.6. The zero-order chi connectivity index (χ0) is 22.6. The molecule has 13 heteroatoms. The lowest BCUT2D eigenvalue weighted by Crippen LogP contribution is -2.14. The van der Waals surface area contributed by atoms with E-state index in [0.717, 1.165) is 0 Å². The molecule has 3 N–H and O–H groups in total. The van der Waals surface area contributed by atoms with Gasteiger partial charge in [-0.1, -0.05) is 0 Å². The molecule has 2 aromatic heterocycles. The summed E-state index contributed by atoms with van der Waals surface area (Å²) in [6.45, 7) is -0.198. The van der Waals surface area contributed by atoms with Gasteiger partial charge in [-0.15, -0.1) is 0 Å². The number of hydrogen-bond donors (Lipinski definition) is 2. The molecule has 3 aromatic rings. The third-order valence-electron chi connectivity index (χ3n) is 4.89. The summed E-state index contributed by atoms with van der Waals surface area (Å²) in [6, 6.07) is 1.09. The first-order valence-corrected chi connectivity index (χ1v) is 9.03. The number of aliphatic hydroxyl groups excluding tert-OH is 1. The summed E-state index contributed by atoms with van der Waals surface area (Å²) in [4.78, 5) is 12.1. The largest absolute Gasteiger partial charge is 0.416 e. The van der Waals surface area contributed by atoms with Crippen molar-refractivity contribution in [1.82, 2.24) is 19.5 Å². The van der Waals surface area contributed by atoms with Crippen LogP contribution in [-0.2, 0) is 17.1 Å². The van der Waals surface area contributed by atoms with Gasteiger partial charge in [-0.05, 0) is 31.0 Å². The van der Waals surface area contributed by atoms with Gasteiger partial charge in [0.25, 0.3) is 0 Å². The van der Waals surface area contributed by atoms with E-state index in [0.29, 0.717) is 25.0 Å². The van der Waals surface area contributed by atoms with Crippen molar-refractivity contribution in [3.63, 3.8) is 0 Å². The monoisotopic (exact) mass is 447 g/mol. The number of nitrogens with two attached hydrogens (primary N) is 1. The Labute approximate surface area is 170 Å². The molecule has 1 fully saturated rings. The summed E-state index contributed by atoms with van der Waals surface area (Å²) in [5.74, 6) is -0.624. The Morgan fingerprint density at radius 3 is 2.23 bits per heavy atom.